The number of benzene rings is 2. The summed E-state index contributed by atoms with van der Waals surface area (Å²) in [5, 5.41) is 19.7. The normalized spacial score (nSPS) is 12.2. The Morgan fingerprint density at radius 3 is 2.55 bits per heavy atom. The van der Waals surface area contributed by atoms with E-state index in [1.807, 2.05) is 31.3 Å². The Bertz CT molecular complexity index is 637. The lowest BCUT2D eigenvalue weighted by Gasteiger charge is -2.25. The Morgan fingerprint density at radius 2 is 1.91 bits per heavy atom. The van der Waals surface area contributed by atoms with Crippen LogP contribution in [0.2, 0.25) is 0 Å². The summed E-state index contributed by atoms with van der Waals surface area (Å²) in [6.45, 7) is 4.52. The molecule has 0 aliphatic heterocycles. The first-order valence-electron chi connectivity index (χ1n) is 7.00. The van der Waals surface area contributed by atoms with Gasteiger partial charge in [0.1, 0.15) is 17.7 Å². The second kappa shape index (κ2) is 7.11. The van der Waals surface area contributed by atoms with Gasteiger partial charge in [0.15, 0.2) is 0 Å². The maximum atomic E-state index is 10.4. The van der Waals surface area contributed by atoms with Gasteiger partial charge in [-0.05, 0) is 48.0 Å². The van der Waals surface area contributed by atoms with Gasteiger partial charge in [-0.1, -0.05) is 30.8 Å². The third-order valence-electron chi connectivity index (χ3n) is 3.53. The molecule has 4 heteroatoms. The van der Waals surface area contributed by atoms with Crippen molar-refractivity contribution in [3.63, 3.8) is 0 Å². The SMILES string of the molecule is C=C(c1ccc(O)cc1)C(O)N(C)Cc1cccc(OC)c1. The van der Waals surface area contributed by atoms with Gasteiger partial charge in [0.25, 0.3) is 0 Å². The number of phenols is 1. The highest BCUT2D eigenvalue weighted by atomic mass is 16.5. The molecule has 0 bridgehead atoms. The van der Waals surface area contributed by atoms with Crippen LogP contribution in [-0.2, 0) is 6.54 Å². The highest BCUT2D eigenvalue weighted by Crippen LogP contribution is 2.22. The third kappa shape index (κ3) is 3.87. The van der Waals surface area contributed by atoms with E-state index in [2.05, 4.69) is 6.58 Å². The van der Waals surface area contributed by atoms with Crippen LogP contribution < -0.4 is 4.74 Å². The molecule has 0 saturated heterocycles. The molecule has 2 N–H and O–H groups in total. The molecule has 1 atom stereocenters. The molecule has 2 aromatic carbocycles. The molecule has 116 valence electrons. The molecule has 1 unspecified atom stereocenters. The number of phenolic OH excluding ortho intramolecular Hbond substituents is 1. The number of aromatic hydroxyl groups is 1. The van der Waals surface area contributed by atoms with E-state index in [0.717, 1.165) is 16.9 Å². The molecule has 0 aromatic heterocycles. The first-order chi connectivity index (χ1) is 10.5. The van der Waals surface area contributed by atoms with E-state index in [4.69, 9.17) is 4.74 Å². The topological polar surface area (TPSA) is 52.9 Å². The zero-order valence-electron chi connectivity index (χ0n) is 12.9. The lowest BCUT2D eigenvalue weighted by Crippen LogP contribution is -2.31. The average Bonchev–Trinajstić information content (AvgIpc) is 2.54. The zero-order chi connectivity index (χ0) is 16.1. The van der Waals surface area contributed by atoms with Gasteiger partial charge in [0.2, 0.25) is 0 Å². The maximum Gasteiger partial charge on any atom is 0.133 e. The van der Waals surface area contributed by atoms with Crippen LogP contribution in [0.5, 0.6) is 11.5 Å². The van der Waals surface area contributed by atoms with Crippen LogP contribution in [0.15, 0.2) is 55.1 Å². The van der Waals surface area contributed by atoms with Crippen LogP contribution in [-0.4, -0.2) is 35.5 Å². The fourth-order valence-corrected chi connectivity index (χ4v) is 2.24. The van der Waals surface area contributed by atoms with E-state index in [0.29, 0.717) is 12.1 Å². The summed E-state index contributed by atoms with van der Waals surface area (Å²) in [6, 6.07) is 14.4. The van der Waals surface area contributed by atoms with E-state index in [1.165, 1.54) is 0 Å². The van der Waals surface area contributed by atoms with Gasteiger partial charge < -0.3 is 14.9 Å². The third-order valence-corrected chi connectivity index (χ3v) is 3.53. The number of hydrogen-bond donors (Lipinski definition) is 2. The van der Waals surface area contributed by atoms with Gasteiger partial charge in [-0.15, -0.1) is 0 Å². The number of hydrogen-bond acceptors (Lipinski definition) is 4. The van der Waals surface area contributed by atoms with Crippen LogP contribution in [0, 0.1) is 0 Å². The van der Waals surface area contributed by atoms with Crippen LogP contribution in [0.3, 0.4) is 0 Å². The molecule has 22 heavy (non-hydrogen) atoms. The number of methoxy groups -OCH3 is 1. The Balaban J connectivity index is 2.06. The molecule has 4 nitrogen and oxygen atoms in total. The summed E-state index contributed by atoms with van der Waals surface area (Å²) in [5.74, 6) is 0.980. The first kappa shape index (κ1) is 16.1. The van der Waals surface area contributed by atoms with Crippen molar-refractivity contribution in [1.29, 1.82) is 0 Å². The highest BCUT2D eigenvalue weighted by molar-refractivity contribution is 5.66. The molecule has 0 heterocycles. The average molecular weight is 299 g/mol. The number of likely N-dealkylation sites (N-methyl/N-ethyl adjacent to an activating group) is 1. The van der Waals surface area contributed by atoms with Gasteiger partial charge >= 0.3 is 0 Å². The Hall–Kier alpha value is -2.30. The Kier molecular flexibility index (Phi) is 5.20. The summed E-state index contributed by atoms with van der Waals surface area (Å²) in [4.78, 5) is 1.80. The minimum absolute atomic E-state index is 0.191. The number of aliphatic hydroxyl groups is 1. The molecule has 0 fully saturated rings. The van der Waals surface area contributed by atoms with Crippen LogP contribution in [0.25, 0.3) is 5.57 Å². The fourth-order valence-electron chi connectivity index (χ4n) is 2.24. The van der Waals surface area contributed by atoms with Crippen molar-refractivity contribution in [3.05, 3.63) is 66.2 Å². The van der Waals surface area contributed by atoms with Crippen molar-refractivity contribution in [3.8, 4) is 11.5 Å². The number of nitrogens with zero attached hydrogens (tertiary/aromatic N) is 1. The van der Waals surface area contributed by atoms with E-state index in [1.54, 1.807) is 36.3 Å². The predicted molar refractivity (Wildman–Crippen MR) is 87.6 cm³/mol. The largest absolute Gasteiger partial charge is 0.508 e. The summed E-state index contributed by atoms with van der Waals surface area (Å²) in [5.41, 5.74) is 2.42. The molecular formula is C18H21NO3. The molecule has 0 amide bonds. The smallest absolute Gasteiger partial charge is 0.133 e. The summed E-state index contributed by atoms with van der Waals surface area (Å²) in [6.07, 6.45) is -0.809. The van der Waals surface area contributed by atoms with Crippen LogP contribution >= 0.6 is 0 Å². The highest BCUT2D eigenvalue weighted by Gasteiger charge is 2.16. The quantitative estimate of drug-likeness (QED) is 0.805. The van der Waals surface area contributed by atoms with Crippen LogP contribution in [0.1, 0.15) is 11.1 Å². The molecule has 0 aliphatic carbocycles. The van der Waals surface area contributed by atoms with Gasteiger partial charge in [-0.25, -0.2) is 0 Å². The molecule has 0 spiro atoms. The fraction of sp³-hybridized carbons (Fsp3) is 0.222. The first-order valence-corrected chi connectivity index (χ1v) is 7.00. The maximum absolute atomic E-state index is 10.4. The zero-order valence-corrected chi connectivity index (χ0v) is 12.9. The number of ether oxygens (including phenoxy) is 1. The van der Waals surface area contributed by atoms with Crippen molar-refractivity contribution in [2.75, 3.05) is 14.2 Å². The van der Waals surface area contributed by atoms with Crippen molar-refractivity contribution in [2.24, 2.45) is 0 Å². The lowest BCUT2D eigenvalue weighted by atomic mass is 10.1. The molecule has 2 rings (SSSR count). The summed E-state index contributed by atoms with van der Waals surface area (Å²) < 4.78 is 5.20. The van der Waals surface area contributed by atoms with Crippen molar-refractivity contribution in [2.45, 2.75) is 12.8 Å². The molecule has 2 aromatic rings. The van der Waals surface area contributed by atoms with Crippen LogP contribution in [0.4, 0.5) is 0 Å². The minimum Gasteiger partial charge on any atom is -0.508 e. The standard InChI is InChI=1S/C18H21NO3/c1-13(15-7-9-16(20)10-8-15)18(21)19(2)12-14-5-4-6-17(11-14)22-3/h4-11,18,20-21H,1,12H2,2-3H3. The molecule has 0 saturated carbocycles. The molecular weight excluding hydrogens is 278 g/mol. The van der Waals surface area contributed by atoms with E-state index in [-0.39, 0.29) is 5.75 Å². The lowest BCUT2D eigenvalue weighted by molar-refractivity contribution is 0.0657. The van der Waals surface area contributed by atoms with E-state index in [9.17, 15) is 10.2 Å². The van der Waals surface area contributed by atoms with Gasteiger partial charge in [0, 0.05) is 6.54 Å². The van der Waals surface area contributed by atoms with Gasteiger partial charge in [-0.2, -0.15) is 0 Å². The van der Waals surface area contributed by atoms with Crippen molar-refractivity contribution >= 4 is 5.57 Å². The Morgan fingerprint density at radius 1 is 1.23 bits per heavy atom. The summed E-state index contributed by atoms with van der Waals surface area (Å²) >= 11 is 0. The van der Waals surface area contributed by atoms with E-state index >= 15 is 0 Å². The number of rotatable bonds is 6. The second-order valence-corrected chi connectivity index (χ2v) is 5.21. The van der Waals surface area contributed by atoms with Gasteiger partial charge in [0.05, 0.1) is 7.11 Å². The van der Waals surface area contributed by atoms with Crippen molar-refractivity contribution in [1.82, 2.24) is 4.90 Å². The molecule has 0 aliphatic rings. The monoisotopic (exact) mass is 299 g/mol. The minimum atomic E-state index is -0.809. The van der Waals surface area contributed by atoms with Gasteiger partial charge in [-0.3, -0.25) is 4.90 Å². The summed E-state index contributed by atoms with van der Waals surface area (Å²) in [7, 11) is 3.46. The predicted octanol–water partition coefficient (Wildman–Crippen LogP) is 2.86. The second-order valence-electron chi connectivity index (χ2n) is 5.21. The Labute approximate surface area is 130 Å². The number of aliphatic hydroxyl groups excluding tert-OH is 1. The molecule has 0 radical (unpaired) electrons. The van der Waals surface area contributed by atoms with E-state index < -0.39 is 6.23 Å². The van der Waals surface area contributed by atoms with Crippen molar-refractivity contribution < 1.29 is 14.9 Å².